The Morgan fingerprint density at radius 1 is 1.40 bits per heavy atom. The van der Waals surface area contributed by atoms with Crippen molar-refractivity contribution in [3.8, 4) is 11.5 Å². The number of nitrogens with one attached hydrogen (secondary N) is 1. The van der Waals surface area contributed by atoms with Gasteiger partial charge in [0.05, 0.1) is 12.5 Å². The zero-order valence-electron chi connectivity index (χ0n) is 11.7. The number of fused-ring (bicyclic) bond motifs is 1. The first kappa shape index (κ1) is 13.2. The fraction of sp³-hybridized carbons (Fsp3) is 0.533. The van der Waals surface area contributed by atoms with Gasteiger partial charge in [0.15, 0.2) is 17.6 Å². The van der Waals surface area contributed by atoms with E-state index < -0.39 is 0 Å². The van der Waals surface area contributed by atoms with E-state index in [-0.39, 0.29) is 17.9 Å². The lowest BCUT2D eigenvalue weighted by Gasteiger charge is -2.30. The monoisotopic (exact) mass is 276 g/mol. The molecule has 2 atom stereocenters. The summed E-state index contributed by atoms with van der Waals surface area (Å²) in [6, 6.07) is 7.63. The van der Waals surface area contributed by atoms with Crippen LogP contribution in [0.25, 0.3) is 0 Å². The molecular weight excluding hydrogens is 256 g/mol. The molecule has 5 nitrogen and oxygen atoms in total. The summed E-state index contributed by atoms with van der Waals surface area (Å²) < 4.78 is 11.5. The molecule has 1 saturated heterocycles. The van der Waals surface area contributed by atoms with Gasteiger partial charge in [-0.2, -0.15) is 0 Å². The summed E-state index contributed by atoms with van der Waals surface area (Å²) in [5.41, 5.74) is 0. The fourth-order valence-electron chi connectivity index (χ4n) is 2.73. The van der Waals surface area contributed by atoms with Gasteiger partial charge in [0.1, 0.15) is 6.61 Å². The van der Waals surface area contributed by atoms with Gasteiger partial charge in [0.2, 0.25) is 5.91 Å². The van der Waals surface area contributed by atoms with E-state index in [9.17, 15) is 4.79 Å². The highest BCUT2D eigenvalue weighted by molar-refractivity contribution is 5.79. The van der Waals surface area contributed by atoms with Crippen molar-refractivity contribution in [2.45, 2.75) is 12.5 Å². The summed E-state index contributed by atoms with van der Waals surface area (Å²) >= 11 is 0. The summed E-state index contributed by atoms with van der Waals surface area (Å²) in [4.78, 5) is 14.0. The molecule has 108 valence electrons. The van der Waals surface area contributed by atoms with Crippen LogP contribution in [0.5, 0.6) is 11.5 Å². The minimum Gasteiger partial charge on any atom is -0.486 e. The van der Waals surface area contributed by atoms with Crippen LogP contribution in [0, 0.1) is 5.92 Å². The number of hydrogen-bond donors (Lipinski definition) is 1. The van der Waals surface area contributed by atoms with Crippen LogP contribution in [0.1, 0.15) is 6.42 Å². The smallest absolute Gasteiger partial charge is 0.226 e. The van der Waals surface area contributed by atoms with Crippen LogP contribution in [-0.4, -0.2) is 50.2 Å². The third-order valence-electron chi connectivity index (χ3n) is 3.83. The van der Waals surface area contributed by atoms with Gasteiger partial charge in [-0.3, -0.25) is 4.79 Å². The van der Waals surface area contributed by atoms with Crippen LogP contribution in [0.15, 0.2) is 24.3 Å². The van der Waals surface area contributed by atoms with Gasteiger partial charge in [0.25, 0.3) is 0 Å². The molecule has 2 aliphatic rings. The number of rotatable bonds is 3. The summed E-state index contributed by atoms with van der Waals surface area (Å²) in [5, 5.41) is 3.22. The average molecular weight is 276 g/mol. The molecule has 0 aromatic heterocycles. The summed E-state index contributed by atoms with van der Waals surface area (Å²) in [6.07, 6.45) is 0.821. The first-order valence-corrected chi connectivity index (χ1v) is 7.08. The number of nitrogens with zero attached hydrogens (tertiary/aromatic N) is 1. The molecule has 3 rings (SSSR count). The van der Waals surface area contributed by atoms with Crippen LogP contribution in [0.2, 0.25) is 0 Å². The SMILES string of the molecule is CN(CC1COc2ccccc2O1)C(=O)C1CCNC1. The normalized spacial score (nSPS) is 24.4. The van der Waals surface area contributed by atoms with E-state index >= 15 is 0 Å². The van der Waals surface area contributed by atoms with E-state index in [1.807, 2.05) is 31.3 Å². The number of amides is 1. The van der Waals surface area contributed by atoms with Crippen molar-refractivity contribution >= 4 is 5.91 Å². The third kappa shape index (κ3) is 2.72. The number of benzene rings is 1. The summed E-state index contributed by atoms with van der Waals surface area (Å²) in [6.45, 7) is 2.76. The zero-order valence-corrected chi connectivity index (χ0v) is 11.7. The van der Waals surface area contributed by atoms with Gasteiger partial charge >= 0.3 is 0 Å². The molecule has 1 amide bonds. The lowest BCUT2D eigenvalue weighted by Crippen LogP contribution is -2.44. The second-order valence-electron chi connectivity index (χ2n) is 5.41. The topological polar surface area (TPSA) is 50.8 Å². The summed E-state index contributed by atoms with van der Waals surface area (Å²) in [5.74, 6) is 1.83. The molecule has 2 unspecified atom stereocenters. The maximum atomic E-state index is 12.3. The van der Waals surface area contributed by atoms with E-state index in [1.54, 1.807) is 4.90 Å². The number of ether oxygens (including phenoxy) is 2. The molecule has 5 heteroatoms. The number of hydrogen-bond acceptors (Lipinski definition) is 4. The van der Waals surface area contributed by atoms with Crippen molar-refractivity contribution in [2.75, 3.05) is 33.3 Å². The van der Waals surface area contributed by atoms with Gasteiger partial charge in [-0.15, -0.1) is 0 Å². The lowest BCUT2D eigenvalue weighted by atomic mass is 10.1. The highest BCUT2D eigenvalue weighted by Gasteiger charge is 2.28. The van der Waals surface area contributed by atoms with Gasteiger partial charge < -0.3 is 19.7 Å². The molecule has 1 aromatic rings. The van der Waals surface area contributed by atoms with Crippen molar-refractivity contribution in [1.82, 2.24) is 10.2 Å². The molecule has 1 N–H and O–H groups in total. The molecule has 0 aliphatic carbocycles. The molecule has 1 aromatic carbocycles. The Bertz CT molecular complexity index is 486. The predicted molar refractivity (Wildman–Crippen MR) is 75.0 cm³/mol. The summed E-state index contributed by atoms with van der Waals surface area (Å²) in [7, 11) is 1.84. The third-order valence-corrected chi connectivity index (χ3v) is 3.83. The van der Waals surface area contributed by atoms with Gasteiger partial charge in [-0.05, 0) is 25.1 Å². The van der Waals surface area contributed by atoms with Crippen molar-refractivity contribution in [2.24, 2.45) is 5.92 Å². The van der Waals surface area contributed by atoms with E-state index in [0.29, 0.717) is 13.2 Å². The van der Waals surface area contributed by atoms with Crippen molar-refractivity contribution in [3.05, 3.63) is 24.3 Å². The molecular formula is C15H20N2O3. The maximum absolute atomic E-state index is 12.3. The Balaban J connectivity index is 1.57. The van der Waals surface area contributed by atoms with Crippen molar-refractivity contribution < 1.29 is 14.3 Å². The van der Waals surface area contributed by atoms with E-state index in [1.165, 1.54) is 0 Å². The first-order valence-electron chi connectivity index (χ1n) is 7.08. The molecule has 2 heterocycles. The van der Waals surface area contributed by atoms with Crippen LogP contribution in [0.3, 0.4) is 0 Å². The fourth-order valence-corrected chi connectivity index (χ4v) is 2.73. The quantitative estimate of drug-likeness (QED) is 0.891. The molecule has 0 spiro atoms. The molecule has 0 radical (unpaired) electrons. The Morgan fingerprint density at radius 2 is 2.20 bits per heavy atom. The predicted octanol–water partition coefficient (Wildman–Crippen LogP) is 0.894. The van der Waals surface area contributed by atoms with Crippen LogP contribution < -0.4 is 14.8 Å². The van der Waals surface area contributed by atoms with Crippen molar-refractivity contribution in [3.63, 3.8) is 0 Å². The highest BCUT2D eigenvalue weighted by atomic mass is 16.6. The Kier molecular flexibility index (Phi) is 3.78. The van der Waals surface area contributed by atoms with E-state index in [4.69, 9.17) is 9.47 Å². The largest absolute Gasteiger partial charge is 0.486 e. The molecule has 1 fully saturated rings. The van der Waals surface area contributed by atoms with Gasteiger partial charge in [-0.1, -0.05) is 12.1 Å². The number of para-hydroxylation sites is 2. The number of carbonyl (C=O) groups excluding carboxylic acids is 1. The van der Waals surface area contributed by atoms with E-state index in [0.717, 1.165) is 31.0 Å². The maximum Gasteiger partial charge on any atom is 0.226 e. The Morgan fingerprint density at radius 3 is 2.95 bits per heavy atom. The second kappa shape index (κ2) is 5.71. The standard InChI is InChI=1S/C15H20N2O3/c1-17(15(18)11-6-7-16-8-11)9-12-10-19-13-4-2-3-5-14(13)20-12/h2-5,11-12,16H,6-10H2,1H3. The van der Waals surface area contributed by atoms with Crippen LogP contribution in [0.4, 0.5) is 0 Å². The second-order valence-corrected chi connectivity index (χ2v) is 5.41. The van der Waals surface area contributed by atoms with E-state index in [2.05, 4.69) is 5.32 Å². The Labute approximate surface area is 118 Å². The molecule has 20 heavy (non-hydrogen) atoms. The minimum absolute atomic E-state index is 0.104. The van der Waals surface area contributed by atoms with Gasteiger partial charge in [-0.25, -0.2) is 0 Å². The number of carbonyl (C=O) groups is 1. The lowest BCUT2D eigenvalue weighted by molar-refractivity contribution is -0.135. The molecule has 0 bridgehead atoms. The number of likely N-dealkylation sites (N-methyl/N-ethyl adjacent to an activating group) is 1. The van der Waals surface area contributed by atoms with Gasteiger partial charge in [0, 0.05) is 13.6 Å². The molecule has 0 saturated carbocycles. The van der Waals surface area contributed by atoms with Crippen LogP contribution in [-0.2, 0) is 4.79 Å². The Hall–Kier alpha value is -1.75. The zero-order chi connectivity index (χ0) is 13.9. The van der Waals surface area contributed by atoms with Crippen molar-refractivity contribution in [1.29, 1.82) is 0 Å². The first-order chi connectivity index (χ1) is 9.74. The minimum atomic E-state index is -0.104. The van der Waals surface area contributed by atoms with Crippen LogP contribution >= 0.6 is 0 Å². The average Bonchev–Trinajstić information content (AvgIpc) is 3.00. The molecule has 2 aliphatic heterocycles. The highest BCUT2D eigenvalue weighted by Crippen LogP contribution is 2.31.